The molecule has 1 aromatic carbocycles. The van der Waals surface area contributed by atoms with Crippen LogP contribution in [0.1, 0.15) is 18.9 Å². The fourth-order valence-electron chi connectivity index (χ4n) is 2.15. The van der Waals surface area contributed by atoms with Gasteiger partial charge in [-0.3, -0.25) is 0 Å². The van der Waals surface area contributed by atoms with Crippen molar-refractivity contribution in [1.82, 2.24) is 4.31 Å². The molecule has 4 nitrogen and oxygen atoms in total. The SMILES string of the molecule is Cc1ccc(S(=O)(=O)N(C)CC2CC2C)c(N)c1. The van der Waals surface area contributed by atoms with Gasteiger partial charge in [0.1, 0.15) is 4.90 Å². The standard InChI is InChI=1S/C13H20N2O2S/c1-9-4-5-13(12(14)6-9)18(16,17)15(3)8-11-7-10(11)2/h4-6,10-11H,7-8,14H2,1-3H3. The molecule has 1 aromatic rings. The molecule has 0 spiro atoms. The van der Waals surface area contributed by atoms with Gasteiger partial charge < -0.3 is 5.73 Å². The van der Waals surface area contributed by atoms with Gasteiger partial charge in [-0.2, -0.15) is 0 Å². The highest BCUT2D eigenvalue weighted by atomic mass is 32.2. The van der Waals surface area contributed by atoms with E-state index in [0.29, 0.717) is 24.1 Å². The fraction of sp³-hybridized carbons (Fsp3) is 0.538. The lowest BCUT2D eigenvalue weighted by Crippen LogP contribution is -2.29. The van der Waals surface area contributed by atoms with Crippen molar-refractivity contribution >= 4 is 15.7 Å². The Morgan fingerprint density at radius 1 is 1.44 bits per heavy atom. The summed E-state index contributed by atoms with van der Waals surface area (Å²) in [7, 11) is -1.83. The first-order chi connectivity index (χ1) is 8.32. The first kappa shape index (κ1) is 13.4. The second kappa shape index (κ2) is 4.55. The van der Waals surface area contributed by atoms with E-state index in [9.17, 15) is 8.42 Å². The molecule has 0 heterocycles. The zero-order chi connectivity index (χ0) is 13.5. The number of rotatable bonds is 4. The van der Waals surface area contributed by atoms with Gasteiger partial charge in [0.25, 0.3) is 0 Å². The van der Waals surface area contributed by atoms with E-state index in [2.05, 4.69) is 6.92 Å². The van der Waals surface area contributed by atoms with Gasteiger partial charge >= 0.3 is 0 Å². The molecule has 1 aliphatic carbocycles. The minimum Gasteiger partial charge on any atom is -0.398 e. The molecule has 0 aliphatic heterocycles. The van der Waals surface area contributed by atoms with Crippen molar-refractivity contribution in [2.24, 2.45) is 11.8 Å². The third kappa shape index (κ3) is 2.52. The maximum Gasteiger partial charge on any atom is 0.244 e. The number of hydrogen-bond donors (Lipinski definition) is 1. The van der Waals surface area contributed by atoms with Crippen LogP contribution >= 0.6 is 0 Å². The number of hydrogen-bond acceptors (Lipinski definition) is 3. The zero-order valence-electron chi connectivity index (χ0n) is 11.1. The Kier molecular flexibility index (Phi) is 3.38. The van der Waals surface area contributed by atoms with Crippen molar-refractivity contribution in [3.8, 4) is 0 Å². The van der Waals surface area contributed by atoms with Gasteiger partial charge in [-0.1, -0.05) is 13.0 Å². The predicted molar refractivity (Wildman–Crippen MR) is 72.7 cm³/mol. The van der Waals surface area contributed by atoms with Crippen molar-refractivity contribution in [2.45, 2.75) is 25.2 Å². The Balaban J connectivity index is 2.24. The lowest BCUT2D eigenvalue weighted by molar-refractivity contribution is 0.445. The number of benzene rings is 1. The number of anilines is 1. The fourth-order valence-corrected chi connectivity index (χ4v) is 3.47. The van der Waals surface area contributed by atoms with Crippen LogP contribution in [0.25, 0.3) is 0 Å². The summed E-state index contributed by atoms with van der Waals surface area (Å²) in [6.45, 7) is 4.62. The maximum absolute atomic E-state index is 12.4. The molecule has 1 saturated carbocycles. The number of nitrogen functional groups attached to an aromatic ring is 1. The molecular weight excluding hydrogens is 248 g/mol. The molecule has 2 atom stereocenters. The molecular formula is C13H20N2O2S. The molecule has 5 heteroatoms. The minimum absolute atomic E-state index is 0.212. The normalized spacial score (nSPS) is 23.3. The summed E-state index contributed by atoms with van der Waals surface area (Å²) >= 11 is 0. The summed E-state index contributed by atoms with van der Waals surface area (Å²) in [5.74, 6) is 1.13. The van der Waals surface area contributed by atoms with E-state index in [1.54, 1.807) is 25.2 Å². The largest absolute Gasteiger partial charge is 0.398 e. The molecule has 100 valence electrons. The van der Waals surface area contributed by atoms with Crippen molar-refractivity contribution < 1.29 is 8.42 Å². The molecule has 0 saturated heterocycles. The van der Waals surface area contributed by atoms with Gasteiger partial charge in [0.2, 0.25) is 10.0 Å². The van der Waals surface area contributed by atoms with Crippen molar-refractivity contribution in [3.05, 3.63) is 23.8 Å². The topological polar surface area (TPSA) is 63.4 Å². The molecule has 0 radical (unpaired) electrons. The summed E-state index contributed by atoms with van der Waals surface area (Å²) in [6.07, 6.45) is 1.11. The van der Waals surface area contributed by atoms with Gasteiger partial charge in [-0.05, 0) is 42.9 Å². The second-order valence-corrected chi connectivity index (χ2v) is 7.31. The van der Waals surface area contributed by atoms with Crippen molar-refractivity contribution in [2.75, 3.05) is 19.3 Å². The number of nitrogens with zero attached hydrogens (tertiary/aromatic N) is 1. The van der Waals surface area contributed by atoms with E-state index in [1.807, 2.05) is 6.92 Å². The Hall–Kier alpha value is -1.07. The molecule has 2 rings (SSSR count). The van der Waals surface area contributed by atoms with Crippen LogP contribution in [0.3, 0.4) is 0 Å². The third-order valence-electron chi connectivity index (χ3n) is 3.62. The van der Waals surface area contributed by atoms with Crippen LogP contribution in [0, 0.1) is 18.8 Å². The first-order valence-electron chi connectivity index (χ1n) is 6.15. The van der Waals surface area contributed by atoms with Gasteiger partial charge in [0.05, 0.1) is 5.69 Å². The van der Waals surface area contributed by atoms with Crippen molar-refractivity contribution in [1.29, 1.82) is 0 Å². The first-order valence-corrected chi connectivity index (χ1v) is 7.59. The number of nitrogens with two attached hydrogens (primary N) is 1. The molecule has 18 heavy (non-hydrogen) atoms. The molecule has 0 bridgehead atoms. The Morgan fingerprint density at radius 3 is 2.56 bits per heavy atom. The maximum atomic E-state index is 12.4. The summed E-state index contributed by atoms with van der Waals surface area (Å²) in [6, 6.07) is 5.06. The average Bonchev–Trinajstić information content (AvgIpc) is 2.93. The summed E-state index contributed by atoms with van der Waals surface area (Å²) in [5, 5.41) is 0. The number of aryl methyl sites for hydroxylation is 1. The van der Waals surface area contributed by atoms with Crippen LogP contribution in [-0.4, -0.2) is 26.3 Å². The monoisotopic (exact) mass is 268 g/mol. The van der Waals surface area contributed by atoms with E-state index < -0.39 is 10.0 Å². The quantitative estimate of drug-likeness (QED) is 0.848. The molecule has 0 aromatic heterocycles. The summed E-state index contributed by atoms with van der Waals surface area (Å²) in [4.78, 5) is 0.212. The second-order valence-electron chi connectivity index (χ2n) is 5.30. The van der Waals surface area contributed by atoms with Gasteiger partial charge in [-0.15, -0.1) is 0 Å². The summed E-state index contributed by atoms with van der Waals surface area (Å²) in [5.41, 5.74) is 7.10. The van der Waals surface area contributed by atoms with E-state index in [1.165, 1.54) is 4.31 Å². The third-order valence-corrected chi connectivity index (χ3v) is 5.52. The van der Waals surface area contributed by atoms with Gasteiger partial charge in [0, 0.05) is 13.6 Å². The Morgan fingerprint density at radius 2 is 2.06 bits per heavy atom. The summed E-state index contributed by atoms with van der Waals surface area (Å²) < 4.78 is 26.2. The van der Waals surface area contributed by atoms with Crippen LogP contribution < -0.4 is 5.73 Å². The average molecular weight is 268 g/mol. The zero-order valence-corrected chi connectivity index (χ0v) is 11.9. The smallest absolute Gasteiger partial charge is 0.244 e. The van der Waals surface area contributed by atoms with E-state index in [-0.39, 0.29) is 4.90 Å². The highest BCUT2D eigenvalue weighted by molar-refractivity contribution is 7.89. The predicted octanol–water partition coefficient (Wildman–Crippen LogP) is 1.85. The van der Waals surface area contributed by atoms with Crippen LogP contribution in [0.15, 0.2) is 23.1 Å². The van der Waals surface area contributed by atoms with E-state index >= 15 is 0 Å². The van der Waals surface area contributed by atoms with E-state index in [0.717, 1.165) is 12.0 Å². The highest BCUT2D eigenvalue weighted by Crippen LogP contribution is 2.39. The lowest BCUT2D eigenvalue weighted by Gasteiger charge is -2.18. The molecule has 2 unspecified atom stereocenters. The van der Waals surface area contributed by atoms with Gasteiger partial charge in [0.15, 0.2) is 0 Å². The van der Waals surface area contributed by atoms with Crippen molar-refractivity contribution in [3.63, 3.8) is 0 Å². The van der Waals surface area contributed by atoms with Crippen LogP contribution in [0.2, 0.25) is 0 Å². The van der Waals surface area contributed by atoms with E-state index in [4.69, 9.17) is 5.73 Å². The molecule has 1 fully saturated rings. The Labute approximate surface area is 109 Å². The van der Waals surface area contributed by atoms with Crippen LogP contribution in [0.4, 0.5) is 5.69 Å². The number of sulfonamides is 1. The highest BCUT2D eigenvalue weighted by Gasteiger charge is 2.36. The van der Waals surface area contributed by atoms with Crippen LogP contribution in [-0.2, 0) is 10.0 Å². The van der Waals surface area contributed by atoms with Crippen LogP contribution in [0.5, 0.6) is 0 Å². The van der Waals surface area contributed by atoms with Gasteiger partial charge in [-0.25, -0.2) is 12.7 Å². The molecule has 2 N–H and O–H groups in total. The molecule has 1 aliphatic rings. The molecule has 0 amide bonds. The lowest BCUT2D eigenvalue weighted by atomic mass is 10.2. The Bertz CT molecular complexity index is 554. The minimum atomic E-state index is -3.46.